The molecular formula is C19H24N4O3. The molecule has 0 saturated heterocycles. The number of hydrogen-bond acceptors (Lipinski definition) is 5. The molecule has 0 aromatic heterocycles. The normalized spacial score (nSPS) is 11.6. The molecule has 0 saturated carbocycles. The molecule has 0 aliphatic rings. The number of rotatable bonds is 9. The zero-order valence-corrected chi connectivity index (χ0v) is 14.7. The Bertz CT molecular complexity index is 737. The van der Waals surface area contributed by atoms with Crippen LogP contribution in [0.2, 0.25) is 0 Å². The molecule has 26 heavy (non-hydrogen) atoms. The van der Waals surface area contributed by atoms with Crippen LogP contribution in [0.15, 0.2) is 54.6 Å². The predicted molar refractivity (Wildman–Crippen MR) is 102 cm³/mol. The Morgan fingerprint density at radius 1 is 1.15 bits per heavy atom. The number of amides is 2. The van der Waals surface area contributed by atoms with Crippen molar-refractivity contribution in [1.82, 2.24) is 0 Å². The quantitative estimate of drug-likeness (QED) is 0.623. The zero-order chi connectivity index (χ0) is 18.9. The molecule has 7 nitrogen and oxygen atoms in total. The molecule has 0 radical (unpaired) electrons. The van der Waals surface area contributed by atoms with Crippen molar-refractivity contribution in [2.75, 3.05) is 30.5 Å². The number of carbonyl (C=O) groups is 2. The number of nitrogens with one attached hydrogen (secondary N) is 1. The van der Waals surface area contributed by atoms with Crippen LogP contribution in [-0.4, -0.2) is 38.1 Å². The number of nitrogens with two attached hydrogens (primary N) is 2. The molecule has 1 unspecified atom stereocenters. The highest BCUT2D eigenvalue weighted by molar-refractivity contribution is 5.95. The zero-order valence-electron chi connectivity index (χ0n) is 14.7. The molecule has 2 aromatic rings. The molecule has 2 rings (SSSR count). The van der Waals surface area contributed by atoms with Gasteiger partial charge in [-0.3, -0.25) is 9.59 Å². The van der Waals surface area contributed by atoms with Crippen LogP contribution in [0.1, 0.15) is 5.56 Å². The van der Waals surface area contributed by atoms with Crippen molar-refractivity contribution in [2.24, 2.45) is 11.5 Å². The van der Waals surface area contributed by atoms with Gasteiger partial charge in [-0.1, -0.05) is 36.4 Å². The highest BCUT2D eigenvalue weighted by atomic mass is 16.5. The van der Waals surface area contributed by atoms with Crippen molar-refractivity contribution < 1.29 is 14.3 Å². The van der Waals surface area contributed by atoms with Gasteiger partial charge >= 0.3 is 0 Å². The predicted octanol–water partition coefficient (Wildman–Crippen LogP) is 1.09. The van der Waals surface area contributed by atoms with Crippen LogP contribution in [0.5, 0.6) is 0 Å². The van der Waals surface area contributed by atoms with Crippen LogP contribution in [0.25, 0.3) is 0 Å². The van der Waals surface area contributed by atoms with Crippen LogP contribution < -0.4 is 21.7 Å². The van der Waals surface area contributed by atoms with Crippen LogP contribution in [0.4, 0.5) is 11.4 Å². The van der Waals surface area contributed by atoms with Crippen LogP contribution in [0, 0.1) is 0 Å². The lowest BCUT2D eigenvalue weighted by Crippen LogP contribution is -2.39. The van der Waals surface area contributed by atoms with Gasteiger partial charge in [0.1, 0.15) is 6.04 Å². The Morgan fingerprint density at radius 3 is 2.54 bits per heavy atom. The number of primary amides is 1. The lowest BCUT2D eigenvalue weighted by Gasteiger charge is -2.24. The van der Waals surface area contributed by atoms with Gasteiger partial charge in [0.2, 0.25) is 11.8 Å². The van der Waals surface area contributed by atoms with Crippen molar-refractivity contribution in [3.05, 3.63) is 60.2 Å². The summed E-state index contributed by atoms with van der Waals surface area (Å²) in [5.41, 5.74) is 13.5. The van der Waals surface area contributed by atoms with Gasteiger partial charge in [-0.2, -0.15) is 0 Å². The van der Waals surface area contributed by atoms with Crippen LogP contribution in [-0.2, 0) is 20.9 Å². The van der Waals surface area contributed by atoms with Crippen molar-refractivity contribution >= 4 is 23.2 Å². The topological polar surface area (TPSA) is 111 Å². The molecular weight excluding hydrogens is 332 g/mol. The maximum Gasteiger partial charge on any atom is 0.243 e. The lowest BCUT2D eigenvalue weighted by atomic mass is 10.2. The van der Waals surface area contributed by atoms with Gasteiger partial charge in [0.05, 0.1) is 13.2 Å². The highest BCUT2D eigenvalue weighted by Gasteiger charge is 2.15. The summed E-state index contributed by atoms with van der Waals surface area (Å²) in [7, 11) is 1.49. The molecule has 0 spiro atoms. The third-order valence-corrected chi connectivity index (χ3v) is 3.72. The summed E-state index contributed by atoms with van der Waals surface area (Å²) in [6, 6.07) is 16.2. The molecule has 2 amide bonds. The van der Waals surface area contributed by atoms with E-state index in [0.717, 1.165) is 11.3 Å². The van der Waals surface area contributed by atoms with Crippen LogP contribution >= 0.6 is 0 Å². The van der Waals surface area contributed by atoms with E-state index in [1.165, 1.54) is 7.11 Å². The first kappa shape index (κ1) is 19.4. The first-order chi connectivity index (χ1) is 12.5. The van der Waals surface area contributed by atoms with E-state index in [0.29, 0.717) is 12.2 Å². The van der Waals surface area contributed by atoms with Gasteiger partial charge in [0.25, 0.3) is 0 Å². The van der Waals surface area contributed by atoms with Gasteiger partial charge in [-0.15, -0.1) is 0 Å². The Kier molecular flexibility index (Phi) is 7.13. The molecule has 1 atom stereocenters. The molecule has 7 heteroatoms. The largest absolute Gasteiger partial charge is 0.383 e. The molecule has 0 aliphatic heterocycles. The van der Waals surface area contributed by atoms with E-state index < -0.39 is 11.9 Å². The summed E-state index contributed by atoms with van der Waals surface area (Å²) >= 11 is 0. The number of methoxy groups -OCH3 is 1. The maximum absolute atomic E-state index is 12.0. The minimum atomic E-state index is -0.755. The first-order valence-corrected chi connectivity index (χ1v) is 8.22. The second kappa shape index (κ2) is 9.55. The van der Waals surface area contributed by atoms with Gasteiger partial charge in [-0.05, 0) is 23.8 Å². The summed E-state index contributed by atoms with van der Waals surface area (Å²) < 4.78 is 4.89. The molecule has 5 N–H and O–H groups in total. The molecule has 2 aromatic carbocycles. The van der Waals surface area contributed by atoms with Crippen LogP contribution in [0.3, 0.4) is 0 Å². The highest BCUT2D eigenvalue weighted by Crippen LogP contribution is 2.21. The summed E-state index contributed by atoms with van der Waals surface area (Å²) in [5.74, 6) is -0.772. The monoisotopic (exact) mass is 356 g/mol. The molecule has 0 heterocycles. The standard InChI is InChI=1S/C19H24N4O3/c1-26-13-17(20)19(25)22-15-8-5-9-16(10-15)23(12-18(21)24)11-14-6-3-2-4-7-14/h2-10,17H,11-13,20H2,1H3,(H2,21,24)(H,22,25). The van der Waals surface area contributed by atoms with Crippen molar-refractivity contribution in [3.63, 3.8) is 0 Å². The van der Waals surface area contributed by atoms with E-state index >= 15 is 0 Å². The molecule has 0 fully saturated rings. The number of benzene rings is 2. The van der Waals surface area contributed by atoms with Crippen molar-refractivity contribution in [3.8, 4) is 0 Å². The second-order valence-corrected chi connectivity index (χ2v) is 5.91. The minimum Gasteiger partial charge on any atom is -0.383 e. The summed E-state index contributed by atoms with van der Waals surface area (Å²) in [5, 5.41) is 2.75. The number of anilines is 2. The Morgan fingerprint density at radius 2 is 1.88 bits per heavy atom. The fourth-order valence-electron chi connectivity index (χ4n) is 2.50. The minimum absolute atomic E-state index is 0.0650. The van der Waals surface area contributed by atoms with Gasteiger partial charge < -0.3 is 26.4 Å². The second-order valence-electron chi connectivity index (χ2n) is 5.91. The molecule has 138 valence electrons. The summed E-state index contributed by atoms with van der Waals surface area (Å²) in [6.45, 7) is 0.715. The van der Waals surface area contributed by atoms with Gasteiger partial charge in [-0.25, -0.2) is 0 Å². The van der Waals surface area contributed by atoms with Gasteiger partial charge in [0, 0.05) is 25.0 Å². The third-order valence-electron chi connectivity index (χ3n) is 3.72. The number of carbonyl (C=O) groups excluding carboxylic acids is 2. The number of ether oxygens (including phenoxy) is 1. The molecule has 0 aliphatic carbocycles. The van der Waals surface area contributed by atoms with E-state index in [4.69, 9.17) is 16.2 Å². The third kappa shape index (κ3) is 5.87. The van der Waals surface area contributed by atoms with Crippen molar-refractivity contribution in [1.29, 1.82) is 0 Å². The summed E-state index contributed by atoms with van der Waals surface area (Å²) in [6.07, 6.45) is 0. The Hall–Kier alpha value is -2.90. The average Bonchev–Trinajstić information content (AvgIpc) is 2.62. The average molecular weight is 356 g/mol. The maximum atomic E-state index is 12.0. The van der Waals surface area contributed by atoms with E-state index in [2.05, 4.69) is 5.32 Å². The summed E-state index contributed by atoms with van der Waals surface area (Å²) in [4.78, 5) is 25.4. The fourth-order valence-corrected chi connectivity index (χ4v) is 2.50. The number of nitrogens with zero attached hydrogens (tertiary/aromatic N) is 1. The van der Waals surface area contributed by atoms with E-state index in [1.54, 1.807) is 18.2 Å². The SMILES string of the molecule is COCC(N)C(=O)Nc1cccc(N(CC(N)=O)Cc2ccccc2)c1. The van der Waals surface area contributed by atoms with Crippen molar-refractivity contribution in [2.45, 2.75) is 12.6 Å². The van der Waals surface area contributed by atoms with E-state index in [1.807, 2.05) is 41.3 Å². The Balaban J connectivity index is 2.17. The first-order valence-electron chi connectivity index (χ1n) is 8.22. The lowest BCUT2D eigenvalue weighted by molar-refractivity contribution is -0.118. The van der Waals surface area contributed by atoms with E-state index in [9.17, 15) is 9.59 Å². The number of hydrogen-bond donors (Lipinski definition) is 3. The fraction of sp³-hybridized carbons (Fsp3) is 0.263. The van der Waals surface area contributed by atoms with Gasteiger partial charge in [0.15, 0.2) is 0 Å². The Labute approximate surface area is 152 Å². The smallest absolute Gasteiger partial charge is 0.243 e. The van der Waals surface area contributed by atoms with E-state index in [-0.39, 0.29) is 19.1 Å². The molecule has 0 bridgehead atoms.